The van der Waals surface area contributed by atoms with Gasteiger partial charge in [-0.25, -0.2) is 9.07 Å². The molecule has 0 spiro atoms. The van der Waals surface area contributed by atoms with E-state index < -0.39 is 0 Å². The van der Waals surface area contributed by atoms with E-state index in [1.165, 1.54) is 7.11 Å². The van der Waals surface area contributed by atoms with Gasteiger partial charge in [0, 0.05) is 18.2 Å². The fraction of sp³-hybridized carbons (Fsp3) is 0.429. The number of hydrogen-bond donors (Lipinski definition) is 1. The minimum atomic E-state index is -0.354. The first-order valence-corrected chi connectivity index (χ1v) is 6.54. The number of nitrogens with one attached hydrogen (secondary N) is 1. The minimum Gasteiger partial charge on any atom is -0.494 e. The van der Waals surface area contributed by atoms with Gasteiger partial charge in [0.15, 0.2) is 11.6 Å². The summed E-state index contributed by atoms with van der Waals surface area (Å²) in [6.45, 7) is 5.11. The van der Waals surface area contributed by atoms with Crippen molar-refractivity contribution in [2.45, 2.75) is 33.0 Å². The van der Waals surface area contributed by atoms with Crippen LogP contribution >= 0.6 is 0 Å². The van der Waals surface area contributed by atoms with Gasteiger partial charge in [-0.3, -0.25) is 0 Å². The maximum absolute atomic E-state index is 14.0. The molecule has 0 fully saturated rings. The third-order valence-corrected chi connectivity index (χ3v) is 2.87. The second-order valence-electron chi connectivity index (χ2n) is 4.88. The molecule has 0 aliphatic heterocycles. The SMILES string of the molecule is COc1cccc(Cn2cc(CNC(C)C)nn2)c1F. The van der Waals surface area contributed by atoms with Crippen molar-refractivity contribution >= 4 is 0 Å². The first-order valence-electron chi connectivity index (χ1n) is 6.54. The van der Waals surface area contributed by atoms with Crippen molar-refractivity contribution in [1.82, 2.24) is 20.3 Å². The molecule has 1 aromatic heterocycles. The zero-order valence-corrected chi connectivity index (χ0v) is 11.9. The van der Waals surface area contributed by atoms with Gasteiger partial charge in [-0.05, 0) is 6.07 Å². The molecule has 0 amide bonds. The lowest BCUT2D eigenvalue weighted by Gasteiger charge is -2.07. The molecule has 0 radical (unpaired) electrons. The predicted octanol–water partition coefficient (Wildman–Crippen LogP) is 1.97. The molecule has 2 aromatic rings. The molecule has 0 atom stereocenters. The van der Waals surface area contributed by atoms with Crippen LogP contribution < -0.4 is 10.1 Å². The normalized spacial score (nSPS) is 11.1. The molecule has 0 unspecified atom stereocenters. The molecule has 2 rings (SSSR count). The molecular weight excluding hydrogens is 259 g/mol. The molecule has 0 saturated heterocycles. The minimum absolute atomic E-state index is 0.240. The quantitative estimate of drug-likeness (QED) is 0.877. The third kappa shape index (κ3) is 3.54. The van der Waals surface area contributed by atoms with Crippen molar-refractivity contribution < 1.29 is 9.13 Å². The Morgan fingerprint density at radius 3 is 2.90 bits per heavy atom. The van der Waals surface area contributed by atoms with E-state index in [0.29, 0.717) is 24.7 Å². The van der Waals surface area contributed by atoms with Gasteiger partial charge in [-0.2, -0.15) is 0 Å². The van der Waals surface area contributed by atoms with Crippen molar-refractivity contribution in [3.63, 3.8) is 0 Å². The maximum Gasteiger partial charge on any atom is 0.170 e. The van der Waals surface area contributed by atoms with Crippen molar-refractivity contribution in [2.75, 3.05) is 7.11 Å². The summed E-state index contributed by atoms with van der Waals surface area (Å²) in [5.74, 6) is -0.114. The summed E-state index contributed by atoms with van der Waals surface area (Å²) < 4.78 is 20.6. The lowest BCUT2D eigenvalue weighted by Crippen LogP contribution is -2.21. The highest BCUT2D eigenvalue weighted by atomic mass is 19.1. The molecular formula is C14H19FN4O. The Morgan fingerprint density at radius 2 is 2.20 bits per heavy atom. The van der Waals surface area contributed by atoms with E-state index in [1.54, 1.807) is 22.9 Å². The van der Waals surface area contributed by atoms with Crippen LogP contribution in [0.25, 0.3) is 0 Å². The van der Waals surface area contributed by atoms with Crippen molar-refractivity contribution in [2.24, 2.45) is 0 Å². The number of halogens is 1. The topological polar surface area (TPSA) is 52.0 Å². The van der Waals surface area contributed by atoms with Crippen LogP contribution in [0, 0.1) is 5.82 Å². The summed E-state index contributed by atoms with van der Waals surface area (Å²) in [5.41, 5.74) is 1.36. The summed E-state index contributed by atoms with van der Waals surface area (Å²) in [6.07, 6.45) is 1.81. The zero-order chi connectivity index (χ0) is 14.5. The summed E-state index contributed by atoms with van der Waals surface area (Å²) in [4.78, 5) is 0. The molecule has 108 valence electrons. The van der Waals surface area contributed by atoms with Gasteiger partial charge in [0.2, 0.25) is 0 Å². The monoisotopic (exact) mass is 278 g/mol. The van der Waals surface area contributed by atoms with Crippen LogP contribution in [0.1, 0.15) is 25.1 Å². The van der Waals surface area contributed by atoms with Gasteiger partial charge in [0.1, 0.15) is 0 Å². The zero-order valence-electron chi connectivity index (χ0n) is 11.9. The first-order chi connectivity index (χ1) is 9.60. The second kappa shape index (κ2) is 6.47. The van der Waals surface area contributed by atoms with E-state index in [9.17, 15) is 4.39 Å². The molecule has 20 heavy (non-hydrogen) atoms. The highest BCUT2D eigenvalue weighted by molar-refractivity contribution is 5.31. The van der Waals surface area contributed by atoms with Gasteiger partial charge in [-0.15, -0.1) is 5.10 Å². The Morgan fingerprint density at radius 1 is 1.40 bits per heavy atom. The average molecular weight is 278 g/mol. The molecule has 0 saturated carbocycles. The molecule has 1 heterocycles. The Hall–Kier alpha value is -1.95. The van der Waals surface area contributed by atoms with Gasteiger partial charge in [0.25, 0.3) is 0 Å². The van der Waals surface area contributed by atoms with Crippen molar-refractivity contribution in [3.05, 3.63) is 41.5 Å². The van der Waals surface area contributed by atoms with Gasteiger partial charge < -0.3 is 10.1 Å². The fourth-order valence-electron chi connectivity index (χ4n) is 1.82. The Labute approximate surface area is 117 Å². The van der Waals surface area contributed by atoms with E-state index >= 15 is 0 Å². The first kappa shape index (κ1) is 14.5. The molecule has 0 bridgehead atoms. The second-order valence-corrected chi connectivity index (χ2v) is 4.88. The van der Waals surface area contributed by atoms with Gasteiger partial charge in [-0.1, -0.05) is 31.2 Å². The number of methoxy groups -OCH3 is 1. The summed E-state index contributed by atoms with van der Waals surface area (Å²) >= 11 is 0. The number of aromatic nitrogens is 3. The Balaban J connectivity index is 2.07. The molecule has 1 N–H and O–H groups in total. The van der Waals surface area contributed by atoms with Crippen molar-refractivity contribution in [3.8, 4) is 5.75 Å². The number of rotatable bonds is 6. The number of benzene rings is 1. The Kier molecular flexibility index (Phi) is 4.68. The van der Waals surface area contributed by atoms with Gasteiger partial charge >= 0.3 is 0 Å². The van der Waals surface area contributed by atoms with E-state index in [4.69, 9.17) is 4.74 Å². The summed E-state index contributed by atoms with van der Waals surface area (Å²) in [7, 11) is 1.45. The van der Waals surface area contributed by atoms with Crippen LogP contribution in [0.3, 0.4) is 0 Å². The summed E-state index contributed by atoms with van der Waals surface area (Å²) in [5, 5.41) is 11.3. The number of hydrogen-bond acceptors (Lipinski definition) is 4. The molecule has 0 aliphatic carbocycles. The molecule has 0 aliphatic rings. The molecule has 6 heteroatoms. The summed E-state index contributed by atoms with van der Waals surface area (Å²) in [6, 6.07) is 5.45. The lowest BCUT2D eigenvalue weighted by atomic mass is 10.2. The van der Waals surface area contributed by atoms with E-state index in [-0.39, 0.29) is 11.6 Å². The highest BCUT2D eigenvalue weighted by Crippen LogP contribution is 2.20. The third-order valence-electron chi connectivity index (χ3n) is 2.87. The maximum atomic E-state index is 14.0. The fourth-order valence-corrected chi connectivity index (χ4v) is 1.82. The smallest absolute Gasteiger partial charge is 0.170 e. The molecule has 1 aromatic carbocycles. The lowest BCUT2D eigenvalue weighted by molar-refractivity contribution is 0.383. The van der Waals surface area contributed by atoms with Crippen LogP contribution in [0.4, 0.5) is 4.39 Å². The van der Waals surface area contributed by atoms with Crippen LogP contribution in [0.15, 0.2) is 24.4 Å². The standard InChI is InChI=1S/C14H19FN4O/c1-10(2)16-7-12-9-19(18-17-12)8-11-5-4-6-13(20-3)14(11)15/h4-6,9-10,16H,7-8H2,1-3H3. The Bertz CT molecular complexity index is 568. The van der Waals surface area contributed by atoms with E-state index in [1.807, 2.05) is 6.20 Å². The average Bonchev–Trinajstić information content (AvgIpc) is 2.86. The largest absolute Gasteiger partial charge is 0.494 e. The van der Waals surface area contributed by atoms with Crippen LogP contribution in [0.5, 0.6) is 5.75 Å². The van der Waals surface area contributed by atoms with E-state index in [2.05, 4.69) is 29.5 Å². The molecule has 5 nitrogen and oxygen atoms in total. The van der Waals surface area contributed by atoms with Crippen LogP contribution in [0.2, 0.25) is 0 Å². The van der Waals surface area contributed by atoms with Crippen molar-refractivity contribution in [1.29, 1.82) is 0 Å². The van der Waals surface area contributed by atoms with Gasteiger partial charge in [0.05, 0.1) is 25.5 Å². The van der Waals surface area contributed by atoms with Crippen LogP contribution in [-0.4, -0.2) is 28.1 Å². The predicted molar refractivity (Wildman–Crippen MR) is 74.1 cm³/mol. The number of nitrogens with zero attached hydrogens (tertiary/aromatic N) is 3. The van der Waals surface area contributed by atoms with E-state index in [0.717, 1.165) is 5.69 Å². The highest BCUT2D eigenvalue weighted by Gasteiger charge is 2.10. The number of ether oxygens (including phenoxy) is 1. The van der Waals surface area contributed by atoms with Crippen LogP contribution in [-0.2, 0) is 13.1 Å².